The van der Waals surface area contributed by atoms with Gasteiger partial charge >= 0.3 is 0 Å². The summed E-state index contributed by atoms with van der Waals surface area (Å²) in [6.45, 7) is 7.64. The van der Waals surface area contributed by atoms with Crippen molar-refractivity contribution in [3.63, 3.8) is 0 Å². The summed E-state index contributed by atoms with van der Waals surface area (Å²) in [6, 6.07) is 17.1. The van der Waals surface area contributed by atoms with Gasteiger partial charge < -0.3 is 4.98 Å². The van der Waals surface area contributed by atoms with E-state index in [9.17, 15) is 4.79 Å². The number of nitrogens with one attached hydrogen (secondary N) is 1. The van der Waals surface area contributed by atoms with Gasteiger partial charge in [0.05, 0.1) is 12.1 Å². The Kier molecular flexibility index (Phi) is 7.79. The van der Waals surface area contributed by atoms with Crippen LogP contribution in [0.2, 0.25) is 0 Å². The van der Waals surface area contributed by atoms with Gasteiger partial charge in [-0.05, 0) is 83.8 Å². The van der Waals surface area contributed by atoms with Crippen LogP contribution in [0.1, 0.15) is 92.0 Å². The average molecular weight is 499 g/mol. The quantitative estimate of drug-likeness (QED) is 0.298. The van der Waals surface area contributed by atoms with Crippen LogP contribution in [0.15, 0.2) is 53.3 Å². The van der Waals surface area contributed by atoms with Crippen molar-refractivity contribution in [3.8, 4) is 0 Å². The lowest BCUT2D eigenvalue weighted by atomic mass is 9.95. The summed E-state index contributed by atoms with van der Waals surface area (Å²) in [4.78, 5) is 18.8. The second-order valence-electron chi connectivity index (χ2n) is 10.6. The molecule has 1 aliphatic rings. The molecule has 0 amide bonds. The zero-order chi connectivity index (χ0) is 25.8. The molecule has 0 bridgehead atoms. The van der Waals surface area contributed by atoms with Gasteiger partial charge in [-0.2, -0.15) is 0 Å². The van der Waals surface area contributed by atoms with Gasteiger partial charge in [-0.1, -0.05) is 62.9 Å². The molecule has 1 saturated carbocycles. The van der Waals surface area contributed by atoms with Crippen LogP contribution >= 0.6 is 0 Å². The third-order valence-electron chi connectivity index (χ3n) is 7.88. The molecule has 7 nitrogen and oxygen atoms in total. The number of fused-ring (bicyclic) bond motifs is 1. The molecule has 37 heavy (non-hydrogen) atoms. The highest BCUT2D eigenvalue weighted by Crippen LogP contribution is 2.33. The number of rotatable bonds is 9. The number of aromatic amines is 1. The zero-order valence-corrected chi connectivity index (χ0v) is 22.3. The number of hydrogen-bond donors (Lipinski definition) is 1. The van der Waals surface area contributed by atoms with Crippen molar-refractivity contribution < 1.29 is 0 Å². The van der Waals surface area contributed by atoms with Crippen molar-refractivity contribution in [2.75, 3.05) is 0 Å². The maximum Gasteiger partial charge on any atom is 0.252 e. The van der Waals surface area contributed by atoms with Crippen LogP contribution in [0.3, 0.4) is 0 Å². The van der Waals surface area contributed by atoms with Gasteiger partial charge in [0, 0.05) is 24.2 Å². The largest absolute Gasteiger partial charge is 0.322 e. The predicted octanol–water partition coefficient (Wildman–Crippen LogP) is 6.18. The molecule has 5 rings (SSSR count). The van der Waals surface area contributed by atoms with Crippen molar-refractivity contribution in [2.45, 2.75) is 90.9 Å². The number of benzene rings is 2. The fourth-order valence-corrected chi connectivity index (χ4v) is 5.71. The fraction of sp³-hybridized carbons (Fsp3) is 0.467. The summed E-state index contributed by atoms with van der Waals surface area (Å²) < 4.78 is 2.09. The van der Waals surface area contributed by atoms with Gasteiger partial charge in [0.2, 0.25) is 0 Å². The second kappa shape index (κ2) is 11.4. The molecular weight excluding hydrogens is 460 g/mol. The molecule has 194 valence electrons. The minimum absolute atomic E-state index is 0.0111. The number of pyridine rings is 1. The first-order valence-electron chi connectivity index (χ1n) is 13.7. The number of aryl methyl sites for hydroxylation is 2. The Morgan fingerprint density at radius 3 is 2.54 bits per heavy atom. The third kappa shape index (κ3) is 5.67. The summed E-state index contributed by atoms with van der Waals surface area (Å²) in [5, 5.41) is 14.3. The van der Waals surface area contributed by atoms with Crippen LogP contribution in [0.4, 0.5) is 0 Å². The molecule has 4 aromatic rings. The average Bonchev–Trinajstić information content (AvgIpc) is 3.39. The summed E-state index contributed by atoms with van der Waals surface area (Å²) in [5.41, 5.74) is 5.24. The normalized spacial score (nSPS) is 15.5. The maximum absolute atomic E-state index is 13.3. The van der Waals surface area contributed by atoms with E-state index in [1.54, 1.807) is 0 Å². The number of aromatic nitrogens is 5. The van der Waals surface area contributed by atoms with E-state index < -0.39 is 0 Å². The fourth-order valence-electron chi connectivity index (χ4n) is 5.71. The summed E-state index contributed by atoms with van der Waals surface area (Å²) in [5.74, 6) is 0.924. The highest BCUT2D eigenvalue weighted by Gasteiger charge is 2.29. The first-order valence-corrected chi connectivity index (χ1v) is 13.7. The number of tetrazole rings is 1. The lowest BCUT2D eigenvalue weighted by Crippen LogP contribution is -2.33. The van der Waals surface area contributed by atoms with E-state index in [-0.39, 0.29) is 11.6 Å². The van der Waals surface area contributed by atoms with E-state index in [2.05, 4.69) is 93.3 Å². The summed E-state index contributed by atoms with van der Waals surface area (Å²) >= 11 is 0. The van der Waals surface area contributed by atoms with Gasteiger partial charge in [0.25, 0.3) is 5.56 Å². The molecule has 2 aromatic heterocycles. The molecule has 7 heteroatoms. The van der Waals surface area contributed by atoms with Crippen LogP contribution in [0, 0.1) is 13.8 Å². The van der Waals surface area contributed by atoms with Gasteiger partial charge in [0.15, 0.2) is 5.82 Å². The van der Waals surface area contributed by atoms with E-state index >= 15 is 0 Å². The minimum atomic E-state index is -0.0315. The van der Waals surface area contributed by atoms with Crippen molar-refractivity contribution in [3.05, 3.63) is 87.0 Å². The SMILES string of the molecule is CCCC(c1nnnn1C1CCCCC1)N(Cc1ccccc1)Cc1cc2cc(C)c(C)cc2[nH]c1=O. The predicted molar refractivity (Wildman–Crippen MR) is 147 cm³/mol. The number of H-pyrrole nitrogens is 1. The van der Waals surface area contributed by atoms with Crippen molar-refractivity contribution in [2.24, 2.45) is 0 Å². The lowest BCUT2D eigenvalue weighted by molar-refractivity contribution is 0.150. The first kappa shape index (κ1) is 25.3. The van der Waals surface area contributed by atoms with E-state index in [0.717, 1.165) is 48.0 Å². The van der Waals surface area contributed by atoms with Crippen LogP contribution in [-0.2, 0) is 13.1 Å². The van der Waals surface area contributed by atoms with E-state index in [0.29, 0.717) is 19.1 Å². The molecule has 0 aliphatic heterocycles. The molecule has 1 unspecified atom stereocenters. The second-order valence-corrected chi connectivity index (χ2v) is 10.6. The Morgan fingerprint density at radius 2 is 1.78 bits per heavy atom. The van der Waals surface area contributed by atoms with Gasteiger partial charge in [-0.3, -0.25) is 9.69 Å². The first-order chi connectivity index (χ1) is 18.0. The van der Waals surface area contributed by atoms with Gasteiger partial charge in [0.1, 0.15) is 0 Å². The Hall–Kier alpha value is -3.32. The molecule has 1 fully saturated rings. The van der Waals surface area contributed by atoms with Gasteiger partial charge in [-0.25, -0.2) is 4.68 Å². The minimum Gasteiger partial charge on any atom is -0.322 e. The van der Waals surface area contributed by atoms with E-state index in [4.69, 9.17) is 0 Å². The molecule has 0 saturated heterocycles. The number of hydrogen-bond acceptors (Lipinski definition) is 5. The third-order valence-corrected chi connectivity index (χ3v) is 7.88. The van der Waals surface area contributed by atoms with Crippen LogP contribution in [0.25, 0.3) is 10.9 Å². The Morgan fingerprint density at radius 1 is 1.03 bits per heavy atom. The monoisotopic (exact) mass is 498 g/mol. The molecule has 2 heterocycles. The Labute approximate surface area is 218 Å². The van der Waals surface area contributed by atoms with Gasteiger partial charge in [-0.15, -0.1) is 5.10 Å². The van der Waals surface area contributed by atoms with Crippen molar-refractivity contribution in [1.82, 2.24) is 30.1 Å². The lowest BCUT2D eigenvalue weighted by Gasteiger charge is -2.32. The molecular formula is C30H38N6O. The standard InChI is InChI=1S/C30H38N6O/c1-4-11-28(29-32-33-34-36(29)26-14-9-6-10-15-26)35(19-23-12-7-5-8-13-23)20-25-18-24-16-21(2)22(3)17-27(24)31-30(25)37/h5,7-8,12-13,16-18,26,28H,4,6,9-11,14-15,19-20H2,1-3H3,(H,31,37). The smallest absolute Gasteiger partial charge is 0.252 e. The number of nitrogens with zero attached hydrogens (tertiary/aromatic N) is 5. The van der Waals surface area contributed by atoms with E-state index in [1.165, 1.54) is 36.0 Å². The Balaban J connectivity index is 1.54. The highest BCUT2D eigenvalue weighted by molar-refractivity contribution is 5.80. The maximum atomic E-state index is 13.3. The van der Waals surface area contributed by atoms with Crippen LogP contribution in [-0.4, -0.2) is 30.1 Å². The van der Waals surface area contributed by atoms with Crippen LogP contribution in [0.5, 0.6) is 0 Å². The van der Waals surface area contributed by atoms with Crippen LogP contribution < -0.4 is 5.56 Å². The molecule has 1 atom stereocenters. The molecule has 2 aromatic carbocycles. The highest BCUT2D eigenvalue weighted by atomic mass is 16.1. The van der Waals surface area contributed by atoms with E-state index in [1.807, 2.05) is 6.07 Å². The zero-order valence-electron chi connectivity index (χ0n) is 22.3. The van der Waals surface area contributed by atoms with Crippen molar-refractivity contribution >= 4 is 10.9 Å². The molecule has 0 radical (unpaired) electrons. The summed E-state index contributed by atoms with van der Waals surface area (Å²) in [6.07, 6.45) is 7.90. The molecule has 1 aliphatic carbocycles. The summed E-state index contributed by atoms with van der Waals surface area (Å²) in [7, 11) is 0. The molecule has 1 N–H and O–H groups in total. The Bertz CT molecular complexity index is 1390. The topological polar surface area (TPSA) is 79.7 Å². The van der Waals surface area contributed by atoms with Crippen molar-refractivity contribution in [1.29, 1.82) is 0 Å². The molecule has 0 spiro atoms.